The van der Waals surface area contributed by atoms with Crippen molar-refractivity contribution in [1.82, 2.24) is 5.32 Å². The summed E-state index contributed by atoms with van der Waals surface area (Å²) < 4.78 is 4.85. The molecule has 0 aromatic heterocycles. The van der Waals surface area contributed by atoms with Gasteiger partial charge in [0.2, 0.25) is 0 Å². The molecule has 98 valence electrons. The molecule has 18 heavy (non-hydrogen) atoms. The van der Waals surface area contributed by atoms with Gasteiger partial charge in [-0.3, -0.25) is 14.9 Å². The Balaban J connectivity index is 2.87. The lowest BCUT2D eigenvalue weighted by Gasteiger charge is -2.06. The Morgan fingerprint density at radius 3 is 2.83 bits per heavy atom. The van der Waals surface area contributed by atoms with Gasteiger partial charge in [0.25, 0.3) is 5.91 Å². The zero-order valence-corrected chi connectivity index (χ0v) is 10.0. The van der Waals surface area contributed by atoms with E-state index in [2.05, 4.69) is 5.32 Å². The maximum Gasteiger partial charge on any atom is 0.311 e. The molecule has 7 nitrogen and oxygen atoms in total. The van der Waals surface area contributed by atoms with E-state index in [0.717, 1.165) is 0 Å². The van der Waals surface area contributed by atoms with E-state index in [4.69, 9.17) is 10.5 Å². The topological polar surface area (TPSA) is 107 Å². The lowest BCUT2D eigenvalue weighted by atomic mass is 10.1. The molecule has 0 fully saturated rings. The number of nitro benzene ring substituents is 1. The summed E-state index contributed by atoms with van der Waals surface area (Å²) in [5.41, 5.74) is 5.29. The average Bonchev–Trinajstić information content (AvgIpc) is 2.38. The summed E-state index contributed by atoms with van der Waals surface area (Å²) in [6, 6.07) is 4.07. The molecular weight excluding hydrogens is 238 g/mol. The largest absolute Gasteiger partial charge is 0.490 e. The van der Waals surface area contributed by atoms with Gasteiger partial charge >= 0.3 is 5.69 Å². The Morgan fingerprint density at radius 2 is 2.28 bits per heavy atom. The van der Waals surface area contributed by atoms with E-state index in [0.29, 0.717) is 19.5 Å². The molecule has 3 N–H and O–H groups in total. The zero-order chi connectivity index (χ0) is 13.5. The maximum atomic E-state index is 11.7. The predicted molar refractivity (Wildman–Crippen MR) is 65.7 cm³/mol. The van der Waals surface area contributed by atoms with Crippen LogP contribution in [0.5, 0.6) is 5.75 Å². The van der Waals surface area contributed by atoms with Crippen molar-refractivity contribution in [3.8, 4) is 5.75 Å². The van der Waals surface area contributed by atoms with E-state index in [9.17, 15) is 14.9 Å². The number of carbonyl (C=O) groups excluding carboxylic acids is 1. The molecule has 1 rings (SSSR count). The SMILES string of the molecule is COc1ccc(C(=O)NCCCN)cc1[N+](=O)[O-]. The number of hydrogen-bond donors (Lipinski definition) is 2. The second kappa shape index (κ2) is 6.55. The Labute approximate surface area is 104 Å². The van der Waals surface area contributed by atoms with E-state index < -0.39 is 4.92 Å². The van der Waals surface area contributed by atoms with E-state index in [1.807, 2.05) is 0 Å². The molecule has 0 spiro atoms. The predicted octanol–water partition coefficient (Wildman–Crippen LogP) is 0.682. The number of rotatable bonds is 6. The number of hydrogen-bond acceptors (Lipinski definition) is 5. The molecule has 0 saturated carbocycles. The quantitative estimate of drug-likeness (QED) is 0.440. The van der Waals surface area contributed by atoms with Crippen molar-refractivity contribution in [2.24, 2.45) is 5.73 Å². The molecule has 0 unspecified atom stereocenters. The first-order valence-corrected chi connectivity index (χ1v) is 5.41. The summed E-state index contributed by atoms with van der Waals surface area (Å²) in [5.74, 6) is -0.243. The van der Waals surface area contributed by atoms with Gasteiger partial charge in [-0.05, 0) is 25.1 Å². The standard InChI is InChI=1S/C11H15N3O4/c1-18-10-4-3-8(7-9(10)14(16)17)11(15)13-6-2-5-12/h3-4,7H,2,5-6,12H2,1H3,(H,13,15). The van der Waals surface area contributed by atoms with Gasteiger partial charge in [-0.1, -0.05) is 0 Å². The van der Waals surface area contributed by atoms with Crippen LogP contribution in [0.25, 0.3) is 0 Å². The lowest BCUT2D eigenvalue weighted by Crippen LogP contribution is -2.25. The fourth-order valence-corrected chi connectivity index (χ4v) is 1.38. The van der Waals surface area contributed by atoms with Crippen LogP contribution in [0.15, 0.2) is 18.2 Å². The molecule has 0 aliphatic heterocycles. The third kappa shape index (κ3) is 3.42. The number of carbonyl (C=O) groups is 1. The fourth-order valence-electron chi connectivity index (χ4n) is 1.38. The first kappa shape index (κ1) is 13.9. The molecule has 1 amide bonds. The zero-order valence-electron chi connectivity index (χ0n) is 10.0. The normalized spacial score (nSPS) is 9.89. The van der Waals surface area contributed by atoms with Gasteiger partial charge in [0, 0.05) is 18.2 Å². The van der Waals surface area contributed by atoms with Crippen LogP contribution in [-0.4, -0.2) is 31.0 Å². The highest BCUT2D eigenvalue weighted by Gasteiger charge is 2.17. The minimum Gasteiger partial charge on any atom is -0.490 e. The van der Waals surface area contributed by atoms with Gasteiger partial charge in [-0.15, -0.1) is 0 Å². The third-order valence-electron chi connectivity index (χ3n) is 2.30. The molecular formula is C11H15N3O4. The van der Waals surface area contributed by atoms with Crippen molar-refractivity contribution >= 4 is 11.6 Å². The number of nitrogens with two attached hydrogens (primary N) is 1. The summed E-state index contributed by atoms with van der Waals surface area (Å²) in [7, 11) is 1.34. The maximum absolute atomic E-state index is 11.7. The molecule has 0 aliphatic carbocycles. The Hall–Kier alpha value is -2.15. The molecule has 0 bridgehead atoms. The van der Waals surface area contributed by atoms with E-state index in [1.165, 1.54) is 25.3 Å². The molecule has 7 heteroatoms. The van der Waals surface area contributed by atoms with Crippen LogP contribution in [0.2, 0.25) is 0 Å². The summed E-state index contributed by atoms with van der Waals surface area (Å²) in [4.78, 5) is 21.9. The van der Waals surface area contributed by atoms with Crippen LogP contribution in [0.1, 0.15) is 16.8 Å². The van der Waals surface area contributed by atoms with Crippen LogP contribution in [0, 0.1) is 10.1 Å². The van der Waals surface area contributed by atoms with Gasteiger partial charge in [-0.25, -0.2) is 0 Å². The third-order valence-corrected chi connectivity index (χ3v) is 2.30. The summed E-state index contributed by atoms with van der Waals surface area (Å²) in [6.07, 6.45) is 0.657. The Morgan fingerprint density at radius 1 is 1.56 bits per heavy atom. The number of ether oxygens (including phenoxy) is 1. The van der Waals surface area contributed by atoms with Gasteiger partial charge in [0.05, 0.1) is 12.0 Å². The first-order valence-electron chi connectivity index (χ1n) is 5.41. The average molecular weight is 253 g/mol. The summed E-state index contributed by atoms with van der Waals surface area (Å²) >= 11 is 0. The highest BCUT2D eigenvalue weighted by atomic mass is 16.6. The fraction of sp³-hybridized carbons (Fsp3) is 0.364. The number of nitrogens with zero attached hydrogens (tertiary/aromatic N) is 1. The van der Waals surface area contributed by atoms with E-state index in [-0.39, 0.29) is 22.9 Å². The van der Waals surface area contributed by atoms with Crippen molar-refractivity contribution in [2.45, 2.75) is 6.42 Å². The minimum atomic E-state index is -0.588. The Kier molecular flexibility index (Phi) is 5.06. The molecule has 0 aliphatic rings. The monoisotopic (exact) mass is 253 g/mol. The van der Waals surface area contributed by atoms with Crippen molar-refractivity contribution < 1.29 is 14.5 Å². The molecule has 0 saturated heterocycles. The van der Waals surface area contributed by atoms with E-state index in [1.54, 1.807) is 0 Å². The van der Waals surface area contributed by atoms with Crippen molar-refractivity contribution in [3.63, 3.8) is 0 Å². The molecule has 0 heterocycles. The molecule has 0 atom stereocenters. The number of nitro groups is 1. The van der Waals surface area contributed by atoms with Crippen molar-refractivity contribution in [2.75, 3.05) is 20.2 Å². The highest BCUT2D eigenvalue weighted by molar-refractivity contribution is 5.95. The van der Waals surface area contributed by atoms with Crippen molar-refractivity contribution in [3.05, 3.63) is 33.9 Å². The number of methoxy groups -OCH3 is 1. The molecule has 1 aromatic carbocycles. The number of benzene rings is 1. The van der Waals surface area contributed by atoms with Crippen LogP contribution in [0.4, 0.5) is 5.69 Å². The molecule has 1 aromatic rings. The van der Waals surface area contributed by atoms with Crippen LogP contribution in [-0.2, 0) is 0 Å². The second-order valence-corrected chi connectivity index (χ2v) is 3.54. The van der Waals surface area contributed by atoms with Gasteiger partial charge < -0.3 is 15.8 Å². The van der Waals surface area contributed by atoms with Crippen LogP contribution < -0.4 is 15.8 Å². The summed E-state index contributed by atoms with van der Waals surface area (Å²) in [5, 5.41) is 13.4. The summed E-state index contributed by atoms with van der Waals surface area (Å²) in [6.45, 7) is 0.915. The molecule has 0 radical (unpaired) electrons. The van der Waals surface area contributed by atoms with Gasteiger partial charge in [-0.2, -0.15) is 0 Å². The number of nitrogens with one attached hydrogen (secondary N) is 1. The first-order chi connectivity index (χ1) is 8.60. The van der Waals surface area contributed by atoms with Gasteiger partial charge in [0.15, 0.2) is 5.75 Å². The lowest BCUT2D eigenvalue weighted by molar-refractivity contribution is -0.385. The smallest absolute Gasteiger partial charge is 0.311 e. The van der Waals surface area contributed by atoms with Crippen LogP contribution in [0.3, 0.4) is 0 Å². The van der Waals surface area contributed by atoms with Crippen LogP contribution >= 0.6 is 0 Å². The van der Waals surface area contributed by atoms with E-state index >= 15 is 0 Å². The second-order valence-electron chi connectivity index (χ2n) is 3.54. The van der Waals surface area contributed by atoms with Crippen molar-refractivity contribution in [1.29, 1.82) is 0 Å². The van der Waals surface area contributed by atoms with Gasteiger partial charge in [0.1, 0.15) is 0 Å². The number of amides is 1. The Bertz CT molecular complexity index is 448. The minimum absolute atomic E-state index is 0.124. The highest BCUT2D eigenvalue weighted by Crippen LogP contribution is 2.27.